The van der Waals surface area contributed by atoms with Crippen molar-refractivity contribution in [3.8, 4) is 0 Å². The first-order valence-corrected chi connectivity index (χ1v) is 8.68. The van der Waals surface area contributed by atoms with E-state index in [2.05, 4.69) is 9.69 Å². The van der Waals surface area contributed by atoms with Crippen molar-refractivity contribution in [1.29, 1.82) is 0 Å². The highest BCUT2D eigenvalue weighted by atomic mass is 15.0. The van der Waals surface area contributed by atoms with Gasteiger partial charge in [0.05, 0.1) is 16.6 Å². The van der Waals surface area contributed by atoms with Crippen molar-refractivity contribution < 1.29 is 0 Å². The SMILES string of the molecule is [C-]#[N+]C([N+]#[C-])=c1ccc(=C2N=C(c3ccccc3)C(c3ccccc3)=N2)cc1. The predicted octanol–water partition coefficient (Wildman–Crippen LogP) is 3.65. The summed E-state index contributed by atoms with van der Waals surface area (Å²) >= 11 is 0. The van der Waals surface area contributed by atoms with Crippen LogP contribution < -0.4 is 10.4 Å². The molecule has 0 aliphatic carbocycles. The molecule has 1 aliphatic rings. The van der Waals surface area contributed by atoms with Gasteiger partial charge in [-0.1, -0.05) is 84.9 Å². The molecule has 4 nitrogen and oxygen atoms in total. The molecule has 130 valence electrons. The van der Waals surface area contributed by atoms with Gasteiger partial charge in [0.1, 0.15) is 13.1 Å². The summed E-state index contributed by atoms with van der Waals surface area (Å²) in [5.74, 6) is 0.682. The molecule has 0 atom stereocenters. The van der Waals surface area contributed by atoms with E-state index < -0.39 is 0 Å². The zero-order valence-electron chi connectivity index (χ0n) is 14.9. The second-order valence-electron chi connectivity index (χ2n) is 6.10. The van der Waals surface area contributed by atoms with Crippen LogP contribution in [0.3, 0.4) is 0 Å². The standard InChI is InChI=1S/C24H14N4/c1-25-23(26-2)19-13-15-20(16-14-19)24-27-21(17-9-5-3-6-10-17)22(28-24)18-11-7-4-8-12-18/h3-16H. The summed E-state index contributed by atoms with van der Waals surface area (Å²) in [7, 11) is 0. The molecular weight excluding hydrogens is 344 g/mol. The lowest BCUT2D eigenvalue weighted by atomic mass is 10.0. The van der Waals surface area contributed by atoms with Gasteiger partial charge in [0.2, 0.25) is 0 Å². The molecule has 0 aromatic heterocycles. The van der Waals surface area contributed by atoms with Gasteiger partial charge in [-0.2, -0.15) is 9.69 Å². The Labute approximate surface area is 162 Å². The molecule has 0 unspecified atom stereocenters. The lowest BCUT2D eigenvalue weighted by Gasteiger charge is -2.04. The van der Waals surface area contributed by atoms with Crippen LogP contribution in [-0.4, -0.2) is 11.4 Å². The van der Waals surface area contributed by atoms with E-state index in [1.807, 2.05) is 72.8 Å². The fourth-order valence-electron chi connectivity index (χ4n) is 2.99. The molecule has 0 fully saturated rings. The first-order valence-electron chi connectivity index (χ1n) is 8.68. The summed E-state index contributed by atoms with van der Waals surface area (Å²) in [4.78, 5) is 16.1. The van der Waals surface area contributed by atoms with Crippen molar-refractivity contribution in [1.82, 2.24) is 0 Å². The van der Waals surface area contributed by atoms with E-state index in [-0.39, 0.29) is 5.82 Å². The van der Waals surface area contributed by atoms with Crippen LogP contribution in [0, 0.1) is 13.1 Å². The van der Waals surface area contributed by atoms with Crippen LogP contribution in [0.2, 0.25) is 0 Å². The fraction of sp³-hybridized carbons (Fsp3) is 0. The Kier molecular flexibility index (Phi) is 4.61. The van der Waals surface area contributed by atoms with Gasteiger partial charge < -0.3 is 0 Å². The highest BCUT2D eigenvalue weighted by Crippen LogP contribution is 2.20. The fourth-order valence-corrected chi connectivity index (χ4v) is 2.99. The van der Waals surface area contributed by atoms with Crippen LogP contribution in [0.5, 0.6) is 0 Å². The maximum atomic E-state index is 7.09. The van der Waals surface area contributed by atoms with Crippen LogP contribution in [-0.2, 0) is 0 Å². The maximum absolute atomic E-state index is 7.09. The first kappa shape index (κ1) is 17.1. The molecule has 1 aliphatic heterocycles. The molecule has 1 heterocycles. The van der Waals surface area contributed by atoms with Gasteiger partial charge in [-0.05, 0) is 0 Å². The highest BCUT2D eigenvalue weighted by molar-refractivity contribution is 6.55. The van der Waals surface area contributed by atoms with E-state index in [4.69, 9.17) is 23.1 Å². The molecule has 3 aromatic rings. The molecule has 0 N–H and O–H groups in total. The number of hydrogen-bond acceptors (Lipinski definition) is 2. The van der Waals surface area contributed by atoms with Gasteiger partial charge in [0.15, 0.2) is 5.82 Å². The largest absolute Gasteiger partial charge is 0.526 e. The second kappa shape index (κ2) is 7.53. The Morgan fingerprint density at radius 1 is 0.607 bits per heavy atom. The van der Waals surface area contributed by atoms with Crippen LogP contribution in [0.1, 0.15) is 11.1 Å². The van der Waals surface area contributed by atoms with Gasteiger partial charge in [-0.15, -0.1) is 0 Å². The van der Waals surface area contributed by atoms with E-state index in [9.17, 15) is 0 Å². The van der Waals surface area contributed by atoms with E-state index in [0.717, 1.165) is 27.8 Å². The van der Waals surface area contributed by atoms with Crippen LogP contribution in [0.25, 0.3) is 21.3 Å². The third-order valence-corrected chi connectivity index (χ3v) is 4.37. The lowest BCUT2D eigenvalue weighted by Crippen LogP contribution is -2.13. The predicted molar refractivity (Wildman–Crippen MR) is 112 cm³/mol. The Balaban J connectivity index is 1.91. The first-order chi connectivity index (χ1) is 13.8. The Morgan fingerprint density at radius 2 is 1.07 bits per heavy atom. The molecule has 4 heteroatoms. The van der Waals surface area contributed by atoms with Gasteiger partial charge in [0.25, 0.3) is 0 Å². The summed E-state index contributed by atoms with van der Waals surface area (Å²) in [6, 6.07) is 27.2. The van der Waals surface area contributed by atoms with Gasteiger partial charge in [0, 0.05) is 16.3 Å². The van der Waals surface area contributed by atoms with Crippen LogP contribution in [0.15, 0.2) is 94.9 Å². The number of aliphatic imine (C=N–C) groups is 2. The molecule has 4 rings (SSSR count). The molecule has 3 aromatic carbocycles. The average molecular weight is 358 g/mol. The van der Waals surface area contributed by atoms with Crippen LogP contribution >= 0.6 is 0 Å². The molecule has 0 saturated carbocycles. The molecule has 0 radical (unpaired) electrons. The Hall–Kier alpha value is -4.28. The number of rotatable bonds is 2. The summed E-state index contributed by atoms with van der Waals surface area (Å²) in [6.45, 7) is 14.2. The lowest BCUT2D eigenvalue weighted by molar-refractivity contribution is 1.40. The zero-order chi connectivity index (χ0) is 19.3. The Bertz CT molecular complexity index is 1210. The molecule has 28 heavy (non-hydrogen) atoms. The van der Waals surface area contributed by atoms with E-state index in [1.165, 1.54) is 0 Å². The molecule has 0 saturated heterocycles. The molecule has 0 bridgehead atoms. The van der Waals surface area contributed by atoms with E-state index >= 15 is 0 Å². The smallest absolute Gasteiger partial charge is 0.226 e. The third-order valence-electron chi connectivity index (χ3n) is 4.37. The average Bonchev–Trinajstić information content (AvgIpc) is 3.22. The summed E-state index contributed by atoms with van der Waals surface area (Å²) in [6.07, 6.45) is 0. The minimum absolute atomic E-state index is 0.0601. The number of nitrogens with zero attached hydrogens (tertiary/aromatic N) is 4. The van der Waals surface area contributed by atoms with Gasteiger partial charge >= 0.3 is 5.82 Å². The molecule has 0 amide bonds. The van der Waals surface area contributed by atoms with Crippen molar-refractivity contribution in [3.63, 3.8) is 0 Å². The normalized spacial score (nSPS) is 12.6. The summed E-state index contributed by atoms with van der Waals surface area (Å²) < 4.78 is 0. The minimum Gasteiger partial charge on any atom is -0.226 e. The zero-order valence-corrected chi connectivity index (χ0v) is 14.9. The van der Waals surface area contributed by atoms with Crippen molar-refractivity contribution in [2.75, 3.05) is 0 Å². The van der Waals surface area contributed by atoms with Crippen molar-refractivity contribution in [2.45, 2.75) is 0 Å². The maximum Gasteiger partial charge on any atom is 0.526 e. The molecule has 0 spiro atoms. The second-order valence-corrected chi connectivity index (χ2v) is 6.10. The topological polar surface area (TPSA) is 33.4 Å². The minimum atomic E-state index is 0.0601. The van der Waals surface area contributed by atoms with Gasteiger partial charge in [-0.25, -0.2) is 9.98 Å². The summed E-state index contributed by atoms with van der Waals surface area (Å²) in [5.41, 5.74) is 3.68. The molecular formula is C24H14N4. The monoisotopic (exact) mass is 358 g/mol. The van der Waals surface area contributed by atoms with Gasteiger partial charge in [-0.3, -0.25) is 0 Å². The van der Waals surface area contributed by atoms with Crippen molar-refractivity contribution >= 4 is 23.1 Å². The highest BCUT2D eigenvalue weighted by Gasteiger charge is 2.20. The summed E-state index contributed by atoms with van der Waals surface area (Å²) in [5, 5.41) is 1.45. The van der Waals surface area contributed by atoms with Crippen molar-refractivity contribution in [2.24, 2.45) is 9.98 Å². The van der Waals surface area contributed by atoms with E-state index in [0.29, 0.717) is 11.0 Å². The number of benzene rings is 3. The quantitative estimate of drug-likeness (QED) is 0.627. The van der Waals surface area contributed by atoms with E-state index in [1.54, 1.807) is 12.1 Å². The Morgan fingerprint density at radius 3 is 1.50 bits per heavy atom. The third kappa shape index (κ3) is 3.23. The van der Waals surface area contributed by atoms with Crippen molar-refractivity contribution in [3.05, 3.63) is 129 Å². The number of hydrogen-bond donors (Lipinski definition) is 0. The van der Waals surface area contributed by atoms with Crippen LogP contribution in [0.4, 0.5) is 0 Å².